The second kappa shape index (κ2) is 8.61. The summed E-state index contributed by atoms with van der Waals surface area (Å²) in [5.41, 5.74) is 0.857. The van der Waals surface area contributed by atoms with Gasteiger partial charge in [0.05, 0.1) is 19.6 Å². The molecular weight excluding hydrogens is 310 g/mol. The van der Waals surface area contributed by atoms with Crippen LogP contribution in [-0.4, -0.2) is 52.5 Å². The highest BCUT2D eigenvalue weighted by Gasteiger charge is 2.25. The van der Waals surface area contributed by atoms with Crippen molar-refractivity contribution in [3.8, 4) is 5.88 Å². The van der Waals surface area contributed by atoms with Gasteiger partial charge in [0.2, 0.25) is 11.8 Å². The highest BCUT2D eigenvalue weighted by Crippen LogP contribution is 2.18. The Kier molecular flexibility index (Phi) is 6.52. The standard InChI is InChI=1S/C17H25N3O4/c1-4-23-17(22)8-7-16(21)20-9-5-6-14(11-20)24-15-10-12(2)18-13(3)19-15/h10,14H,4-9,11H2,1-3H3. The smallest absolute Gasteiger partial charge is 0.306 e. The summed E-state index contributed by atoms with van der Waals surface area (Å²) in [6, 6.07) is 1.80. The Bertz CT molecular complexity index is 571. The van der Waals surface area contributed by atoms with Crippen molar-refractivity contribution in [1.29, 1.82) is 0 Å². The van der Waals surface area contributed by atoms with Crippen molar-refractivity contribution < 1.29 is 19.1 Å². The minimum absolute atomic E-state index is 0.0357. The summed E-state index contributed by atoms with van der Waals surface area (Å²) in [7, 11) is 0. The van der Waals surface area contributed by atoms with Crippen molar-refractivity contribution in [3.63, 3.8) is 0 Å². The number of ether oxygens (including phenoxy) is 2. The van der Waals surface area contributed by atoms with Crippen LogP contribution in [0, 0.1) is 13.8 Å². The van der Waals surface area contributed by atoms with Crippen LogP contribution in [-0.2, 0) is 14.3 Å². The number of esters is 1. The van der Waals surface area contributed by atoms with Gasteiger partial charge in [-0.05, 0) is 33.6 Å². The zero-order valence-corrected chi connectivity index (χ0v) is 14.6. The average molecular weight is 335 g/mol. The first-order chi connectivity index (χ1) is 11.5. The van der Waals surface area contributed by atoms with Gasteiger partial charge in [0.1, 0.15) is 11.9 Å². The average Bonchev–Trinajstić information content (AvgIpc) is 2.52. The van der Waals surface area contributed by atoms with Crippen molar-refractivity contribution >= 4 is 11.9 Å². The third-order valence-corrected chi connectivity index (χ3v) is 3.81. The molecule has 2 rings (SSSR count). The molecular formula is C17H25N3O4. The topological polar surface area (TPSA) is 81.6 Å². The fraction of sp³-hybridized carbons (Fsp3) is 0.647. The van der Waals surface area contributed by atoms with Gasteiger partial charge in [-0.2, -0.15) is 4.98 Å². The molecule has 1 aliphatic heterocycles. The van der Waals surface area contributed by atoms with Crippen LogP contribution in [0.15, 0.2) is 6.07 Å². The quantitative estimate of drug-likeness (QED) is 0.738. The molecule has 0 N–H and O–H groups in total. The molecule has 1 aromatic heterocycles. The van der Waals surface area contributed by atoms with Crippen LogP contribution in [0.25, 0.3) is 0 Å². The van der Waals surface area contributed by atoms with Crippen molar-refractivity contribution in [3.05, 3.63) is 17.6 Å². The van der Waals surface area contributed by atoms with E-state index in [0.29, 0.717) is 31.4 Å². The number of rotatable bonds is 6. The lowest BCUT2D eigenvalue weighted by molar-refractivity contribution is -0.146. The van der Waals surface area contributed by atoms with E-state index in [1.807, 2.05) is 13.8 Å². The maximum Gasteiger partial charge on any atom is 0.306 e. The molecule has 132 valence electrons. The van der Waals surface area contributed by atoms with E-state index in [1.54, 1.807) is 17.9 Å². The first-order valence-electron chi connectivity index (χ1n) is 8.40. The lowest BCUT2D eigenvalue weighted by atomic mass is 10.1. The van der Waals surface area contributed by atoms with E-state index in [0.717, 1.165) is 18.5 Å². The second-order valence-corrected chi connectivity index (χ2v) is 5.92. The molecule has 2 heterocycles. The van der Waals surface area contributed by atoms with Crippen LogP contribution >= 0.6 is 0 Å². The van der Waals surface area contributed by atoms with Crippen LogP contribution in [0.5, 0.6) is 5.88 Å². The maximum absolute atomic E-state index is 12.2. The minimum atomic E-state index is -0.331. The van der Waals surface area contributed by atoms with Crippen LogP contribution in [0.4, 0.5) is 0 Å². The van der Waals surface area contributed by atoms with Crippen LogP contribution in [0.2, 0.25) is 0 Å². The number of amides is 1. The van der Waals surface area contributed by atoms with Gasteiger partial charge in [-0.3, -0.25) is 9.59 Å². The van der Waals surface area contributed by atoms with Gasteiger partial charge in [-0.25, -0.2) is 4.98 Å². The van der Waals surface area contributed by atoms with Crippen LogP contribution in [0.1, 0.15) is 44.1 Å². The lowest BCUT2D eigenvalue weighted by Crippen LogP contribution is -2.44. The molecule has 7 nitrogen and oxygen atoms in total. The highest BCUT2D eigenvalue weighted by atomic mass is 16.5. The third-order valence-electron chi connectivity index (χ3n) is 3.81. The predicted molar refractivity (Wildman–Crippen MR) is 87.6 cm³/mol. The Morgan fingerprint density at radius 3 is 2.79 bits per heavy atom. The molecule has 0 spiro atoms. The third kappa shape index (κ3) is 5.47. The SMILES string of the molecule is CCOC(=O)CCC(=O)N1CCCC(Oc2cc(C)nc(C)n2)C1. The summed E-state index contributed by atoms with van der Waals surface area (Å²) in [5.74, 6) is 0.850. The zero-order valence-electron chi connectivity index (χ0n) is 14.6. The summed E-state index contributed by atoms with van der Waals surface area (Å²) in [4.78, 5) is 33.9. The van der Waals surface area contributed by atoms with Gasteiger partial charge in [0, 0.05) is 24.7 Å². The van der Waals surface area contributed by atoms with Crippen LogP contribution in [0.3, 0.4) is 0 Å². The molecule has 1 unspecified atom stereocenters. The first-order valence-corrected chi connectivity index (χ1v) is 8.40. The van der Waals surface area contributed by atoms with E-state index in [-0.39, 0.29) is 30.8 Å². The second-order valence-electron chi connectivity index (χ2n) is 5.92. The molecule has 0 aromatic carbocycles. The number of hydrogen-bond acceptors (Lipinski definition) is 6. The van der Waals surface area contributed by atoms with Gasteiger partial charge in [0.25, 0.3) is 0 Å². The number of piperidine rings is 1. The lowest BCUT2D eigenvalue weighted by Gasteiger charge is -2.32. The molecule has 24 heavy (non-hydrogen) atoms. The van der Waals surface area contributed by atoms with E-state index in [2.05, 4.69) is 9.97 Å². The Morgan fingerprint density at radius 1 is 1.29 bits per heavy atom. The predicted octanol–water partition coefficient (Wildman–Crippen LogP) is 1.81. The fourth-order valence-corrected chi connectivity index (χ4v) is 2.78. The number of carbonyl (C=O) groups is 2. The molecule has 1 amide bonds. The molecule has 1 aromatic rings. The summed E-state index contributed by atoms with van der Waals surface area (Å²) in [5, 5.41) is 0. The fourth-order valence-electron chi connectivity index (χ4n) is 2.78. The monoisotopic (exact) mass is 335 g/mol. The number of nitrogens with zero attached hydrogens (tertiary/aromatic N) is 3. The molecule has 1 atom stereocenters. The summed E-state index contributed by atoms with van der Waals surface area (Å²) in [6.07, 6.45) is 1.97. The summed E-state index contributed by atoms with van der Waals surface area (Å²) < 4.78 is 10.8. The van der Waals surface area contributed by atoms with Crippen LogP contribution < -0.4 is 4.74 Å². The Hall–Kier alpha value is -2.18. The number of hydrogen-bond donors (Lipinski definition) is 0. The summed E-state index contributed by atoms with van der Waals surface area (Å²) in [6.45, 7) is 7.03. The van der Waals surface area contributed by atoms with Gasteiger partial charge < -0.3 is 14.4 Å². The van der Waals surface area contributed by atoms with E-state index in [4.69, 9.17) is 9.47 Å². The number of carbonyl (C=O) groups excluding carboxylic acids is 2. The van der Waals surface area contributed by atoms with E-state index in [1.165, 1.54) is 0 Å². The highest BCUT2D eigenvalue weighted by molar-refractivity contribution is 5.81. The number of aryl methyl sites for hydroxylation is 2. The molecule has 0 aliphatic carbocycles. The summed E-state index contributed by atoms with van der Waals surface area (Å²) >= 11 is 0. The van der Waals surface area contributed by atoms with Gasteiger partial charge in [-0.1, -0.05) is 0 Å². The zero-order chi connectivity index (χ0) is 17.5. The molecule has 0 saturated carbocycles. The Morgan fingerprint density at radius 2 is 2.08 bits per heavy atom. The first kappa shape index (κ1) is 18.2. The maximum atomic E-state index is 12.2. The largest absolute Gasteiger partial charge is 0.472 e. The Labute approximate surface area is 142 Å². The normalized spacial score (nSPS) is 17.5. The van der Waals surface area contributed by atoms with E-state index < -0.39 is 0 Å². The number of likely N-dealkylation sites (tertiary alicyclic amines) is 1. The molecule has 0 radical (unpaired) electrons. The Balaban J connectivity index is 1.86. The molecule has 1 fully saturated rings. The van der Waals surface area contributed by atoms with Gasteiger partial charge in [-0.15, -0.1) is 0 Å². The molecule has 1 aliphatic rings. The van der Waals surface area contributed by atoms with Gasteiger partial charge >= 0.3 is 5.97 Å². The number of aromatic nitrogens is 2. The van der Waals surface area contributed by atoms with Gasteiger partial charge in [0.15, 0.2) is 0 Å². The molecule has 1 saturated heterocycles. The van der Waals surface area contributed by atoms with Crippen molar-refractivity contribution in [1.82, 2.24) is 14.9 Å². The molecule has 7 heteroatoms. The minimum Gasteiger partial charge on any atom is -0.472 e. The van der Waals surface area contributed by atoms with Crippen molar-refractivity contribution in [2.45, 2.75) is 52.6 Å². The van der Waals surface area contributed by atoms with Crippen molar-refractivity contribution in [2.75, 3.05) is 19.7 Å². The van der Waals surface area contributed by atoms with Crippen molar-refractivity contribution in [2.24, 2.45) is 0 Å². The van der Waals surface area contributed by atoms with E-state index >= 15 is 0 Å². The molecule has 0 bridgehead atoms. The van der Waals surface area contributed by atoms with E-state index in [9.17, 15) is 9.59 Å².